The van der Waals surface area contributed by atoms with Crippen molar-refractivity contribution in [1.29, 1.82) is 0 Å². The van der Waals surface area contributed by atoms with Crippen LogP contribution in [0.2, 0.25) is 0 Å². The molecule has 0 aliphatic heterocycles. The predicted molar refractivity (Wildman–Crippen MR) is 92.6 cm³/mol. The van der Waals surface area contributed by atoms with Gasteiger partial charge in [-0.05, 0) is 30.5 Å². The molecular formula is C15H25NO6S2. The molecule has 0 aliphatic rings. The van der Waals surface area contributed by atoms with Gasteiger partial charge in [-0.1, -0.05) is 19.1 Å². The lowest BCUT2D eigenvalue weighted by Gasteiger charge is -2.08. The molecule has 1 aromatic rings. The quantitative estimate of drug-likeness (QED) is 0.410. The first-order chi connectivity index (χ1) is 11.2. The molecule has 0 unspecified atom stereocenters. The number of rotatable bonds is 12. The standard InChI is InChI=1S/C15H25NO6S2/c1-2-10-22-11-8-16-9-13-23(17,18)15-5-3-14(4-6-15)7-12-24(19,20)21/h3-6,16H,2,7-13H2,1H3,(H,19,20,21). The van der Waals surface area contributed by atoms with E-state index < -0.39 is 20.0 Å². The SMILES string of the molecule is CCCOCCNCCS(=O)(=O)c1ccc(CCS(=O)(=O)O)cc1. The first-order valence-corrected chi connectivity index (χ1v) is 11.1. The predicted octanol–water partition coefficient (Wildman–Crippen LogP) is 0.907. The fourth-order valence-corrected chi connectivity index (χ4v) is 3.64. The second-order valence-electron chi connectivity index (χ2n) is 5.36. The third kappa shape index (κ3) is 8.74. The van der Waals surface area contributed by atoms with Gasteiger partial charge in [0.25, 0.3) is 10.1 Å². The molecule has 9 heteroatoms. The van der Waals surface area contributed by atoms with E-state index in [0.717, 1.165) is 6.42 Å². The van der Waals surface area contributed by atoms with Crippen LogP contribution in [0.5, 0.6) is 0 Å². The minimum absolute atomic E-state index is 0.0227. The van der Waals surface area contributed by atoms with E-state index in [2.05, 4.69) is 5.32 Å². The number of hydrogen-bond acceptors (Lipinski definition) is 6. The molecular weight excluding hydrogens is 354 g/mol. The van der Waals surface area contributed by atoms with Crippen LogP contribution in [0.3, 0.4) is 0 Å². The van der Waals surface area contributed by atoms with Crippen LogP contribution in [0.25, 0.3) is 0 Å². The molecule has 0 heterocycles. The number of benzene rings is 1. The molecule has 0 atom stereocenters. The summed E-state index contributed by atoms with van der Waals surface area (Å²) in [6.45, 7) is 4.21. The van der Waals surface area contributed by atoms with E-state index in [1.54, 1.807) is 12.1 Å². The van der Waals surface area contributed by atoms with Gasteiger partial charge < -0.3 is 10.1 Å². The normalized spacial score (nSPS) is 12.4. The first kappa shape index (κ1) is 21.0. The van der Waals surface area contributed by atoms with Gasteiger partial charge in [0.2, 0.25) is 0 Å². The van der Waals surface area contributed by atoms with Gasteiger partial charge in [0.15, 0.2) is 9.84 Å². The van der Waals surface area contributed by atoms with E-state index in [1.165, 1.54) is 12.1 Å². The average molecular weight is 380 g/mol. The number of aryl methyl sites for hydroxylation is 1. The summed E-state index contributed by atoms with van der Waals surface area (Å²) in [5.41, 5.74) is 0.651. The van der Waals surface area contributed by atoms with Gasteiger partial charge in [0.05, 0.1) is 23.0 Å². The highest BCUT2D eigenvalue weighted by molar-refractivity contribution is 7.91. The van der Waals surface area contributed by atoms with Crippen LogP contribution in [0, 0.1) is 0 Å². The highest BCUT2D eigenvalue weighted by atomic mass is 32.2. The van der Waals surface area contributed by atoms with E-state index in [4.69, 9.17) is 9.29 Å². The largest absolute Gasteiger partial charge is 0.380 e. The fraction of sp³-hybridized carbons (Fsp3) is 0.600. The molecule has 2 N–H and O–H groups in total. The van der Waals surface area contributed by atoms with Crippen LogP contribution in [0.15, 0.2) is 29.2 Å². The maximum Gasteiger partial charge on any atom is 0.265 e. The summed E-state index contributed by atoms with van der Waals surface area (Å²) >= 11 is 0. The molecule has 24 heavy (non-hydrogen) atoms. The summed E-state index contributed by atoms with van der Waals surface area (Å²) in [5.74, 6) is -0.408. The lowest BCUT2D eigenvalue weighted by molar-refractivity contribution is 0.137. The minimum atomic E-state index is -4.02. The molecule has 0 spiro atoms. The van der Waals surface area contributed by atoms with Crippen LogP contribution < -0.4 is 5.32 Å². The molecule has 0 amide bonds. The zero-order valence-corrected chi connectivity index (χ0v) is 15.4. The lowest BCUT2D eigenvalue weighted by atomic mass is 10.2. The van der Waals surface area contributed by atoms with Gasteiger partial charge in [0.1, 0.15) is 0 Å². The van der Waals surface area contributed by atoms with Crippen LogP contribution in [-0.2, 0) is 31.1 Å². The maximum absolute atomic E-state index is 12.2. The number of hydrogen-bond donors (Lipinski definition) is 2. The van der Waals surface area contributed by atoms with Crippen molar-refractivity contribution < 1.29 is 26.1 Å². The maximum atomic E-state index is 12.2. The molecule has 0 radical (unpaired) electrons. The van der Waals surface area contributed by atoms with Crippen molar-refractivity contribution >= 4 is 20.0 Å². The van der Waals surface area contributed by atoms with Crippen LogP contribution >= 0.6 is 0 Å². The van der Waals surface area contributed by atoms with Gasteiger partial charge in [-0.15, -0.1) is 0 Å². The van der Waals surface area contributed by atoms with Gasteiger partial charge in [-0.3, -0.25) is 4.55 Å². The summed E-state index contributed by atoms with van der Waals surface area (Å²) < 4.78 is 59.8. The third-order valence-electron chi connectivity index (χ3n) is 3.25. The Balaban J connectivity index is 2.43. The highest BCUT2D eigenvalue weighted by Gasteiger charge is 2.14. The fourth-order valence-electron chi connectivity index (χ4n) is 1.95. The number of sulfone groups is 1. The molecule has 1 rings (SSSR count). The van der Waals surface area contributed by atoms with E-state index in [1.807, 2.05) is 6.92 Å². The second kappa shape index (κ2) is 10.1. The molecule has 7 nitrogen and oxygen atoms in total. The molecule has 1 aromatic carbocycles. The molecule has 0 fully saturated rings. The zero-order valence-electron chi connectivity index (χ0n) is 13.8. The smallest absolute Gasteiger partial charge is 0.265 e. The topological polar surface area (TPSA) is 110 Å². The number of ether oxygens (including phenoxy) is 1. The van der Waals surface area contributed by atoms with Crippen LogP contribution in [0.1, 0.15) is 18.9 Å². The van der Waals surface area contributed by atoms with Gasteiger partial charge in [-0.2, -0.15) is 8.42 Å². The van der Waals surface area contributed by atoms with Crippen molar-refractivity contribution in [3.63, 3.8) is 0 Å². The van der Waals surface area contributed by atoms with E-state index in [9.17, 15) is 16.8 Å². The van der Waals surface area contributed by atoms with Gasteiger partial charge in [-0.25, -0.2) is 8.42 Å². The van der Waals surface area contributed by atoms with Crippen molar-refractivity contribution in [3.8, 4) is 0 Å². The Hall–Kier alpha value is -1.00. The molecule has 0 saturated carbocycles. The minimum Gasteiger partial charge on any atom is -0.380 e. The Bertz CT molecular complexity index is 683. The Morgan fingerprint density at radius 1 is 1.00 bits per heavy atom. The second-order valence-corrected chi connectivity index (χ2v) is 9.04. The Morgan fingerprint density at radius 3 is 2.25 bits per heavy atom. The third-order valence-corrected chi connectivity index (χ3v) is 5.70. The summed E-state index contributed by atoms with van der Waals surface area (Å²) in [7, 11) is -7.41. The van der Waals surface area contributed by atoms with E-state index >= 15 is 0 Å². The molecule has 0 aliphatic carbocycles. The highest BCUT2D eigenvalue weighted by Crippen LogP contribution is 2.13. The molecule has 0 aromatic heterocycles. The lowest BCUT2D eigenvalue weighted by Crippen LogP contribution is -2.26. The van der Waals surface area contributed by atoms with Crippen molar-refractivity contribution in [2.24, 2.45) is 0 Å². The Labute approximate surface area is 144 Å². The Kier molecular flexibility index (Phi) is 8.85. The number of nitrogens with one attached hydrogen (secondary N) is 1. The van der Waals surface area contributed by atoms with Crippen LogP contribution in [0.4, 0.5) is 0 Å². The summed E-state index contributed by atoms with van der Waals surface area (Å²) in [5, 5.41) is 3.02. The Morgan fingerprint density at radius 2 is 1.67 bits per heavy atom. The van der Waals surface area contributed by atoms with Crippen molar-refractivity contribution in [1.82, 2.24) is 5.32 Å². The average Bonchev–Trinajstić information content (AvgIpc) is 2.52. The molecule has 0 bridgehead atoms. The zero-order chi connectivity index (χ0) is 18.1. The van der Waals surface area contributed by atoms with Gasteiger partial charge >= 0.3 is 0 Å². The summed E-state index contributed by atoms with van der Waals surface area (Å²) in [6.07, 6.45) is 1.09. The summed E-state index contributed by atoms with van der Waals surface area (Å²) in [6, 6.07) is 6.03. The monoisotopic (exact) mass is 379 g/mol. The summed E-state index contributed by atoms with van der Waals surface area (Å²) in [4.78, 5) is 0.196. The van der Waals surface area contributed by atoms with E-state index in [-0.39, 0.29) is 22.8 Å². The van der Waals surface area contributed by atoms with E-state index in [0.29, 0.717) is 31.9 Å². The molecule has 138 valence electrons. The first-order valence-electron chi connectivity index (χ1n) is 7.80. The molecule has 0 saturated heterocycles. The van der Waals surface area contributed by atoms with Crippen molar-refractivity contribution in [2.75, 3.05) is 37.8 Å². The van der Waals surface area contributed by atoms with Gasteiger partial charge in [0, 0.05) is 19.7 Å². The van der Waals surface area contributed by atoms with Crippen molar-refractivity contribution in [2.45, 2.75) is 24.7 Å². The van der Waals surface area contributed by atoms with Crippen molar-refractivity contribution in [3.05, 3.63) is 29.8 Å². The van der Waals surface area contributed by atoms with Crippen LogP contribution in [-0.4, -0.2) is 59.2 Å².